The molecule has 2 rings (SSSR count). The number of benzene rings is 1. The second-order valence-electron chi connectivity index (χ2n) is 4.77. The van der Waals surface area contributed by atoms with Crippen LogP contribution in [-0.2, 0) is 14.6 Å². The number of hydrogen-bond acceptors (Lipinski definition) is 5. The number of nitrogens with one attached hydrogen (secondary N) is 1. The maximum atomic E-state index is 11.9. The molecule has 1 amide bonds. The number of rotatable bonds is 5. The maximum Gasteiger partial charge on any atom is 0.242 e. The van der Waals surface area contributed by atoms with E-state index in [2.05, 4.69) is 10.3 Å². The van der Waals surface area contributed by atoms with Gasteiger partial charge in [-0.25, -0.2) is 8.42 Å². The Hall–Kier alpha value is -2.41. The summed E-state index contributed by atoms with van der Waals surface area (Å²) in [5.74, 6) is 0.558. The summed E-state index contributed by atoms with van der Waals surface area (Å²) in [5.41, 5.74) is 0.465. The van der Waals surface area contributed by atoms with Gasteiger partial charge in [-0.3, -0.25) is 9.78 Å². The fourth-order valence-corrected chi connectivity index (χ4v) is 2.07. The van der Waals surface area contributed by atoms with Crippen molar-refractivity contribution in [2.45, 2.75) is 12.2 Å². The Bertz CT molecular complexity index is 760. The van der Waals surface area contributed by atoms with E-state index in [1.54, 1.807) is 48.8 Å². The molecule has 0 fully saturated rings. The molecule has 1 heterocycles. The normalized spacial score (nSPS) is 12.5. The van der Waals surface area contributed by atoms with Crippen molar-refractivity contribution in [3.05, 3.63) is 48.8 Å². The number of ether oxygens (including phenoxy) is 1. The van der Waals surface area contributed by atoms with Crippen LogP contribution in [0.4, 0.5) is 5.69 Å². The predicted octanol–water partition coefficient (Wildman–Crippen LogP) is 2.25. The molecule has 0 radical (unpaired) electrons. The lowest BCUT2D eigenvalue weighted by atomic mass is 10.3. The number of sulfone groups is 1. The van der Waals surface area contributed by atoms with E-state index in [0.717, 1.165) is 6.26 Å². The lowest BCUT2D eigenvalue weighted by Crippen LogP contribution is -2.31. The zero-order valence-corrected chi connectivity index (χ0v) is 13.0. The minimum atomic E-state index is -3.43. The van der Waals surface area contributed by atoms with Crippen LogP contribution >= 0.6 is 0 Å². The summed E-state index contributed by atoms with van der Waals surface area (Å²) in [5, 5.41) is 1.45. The Morgan fingerprint density at radius 3 is 2.50 bits per heavy atom. The molecule has 0 spiro atoms. The number of carbonyl (C=O) groups is 1. The van der Waals surface area contributed by atoms with E-state index in [0.29, 0.717) is 17.2 Å². The Kier molecular flexibility index (Phi) is 4.77. The zero-order valence-electron chi connectivity index (χ0n) is 12.2. The highest BCUT2D eigenvalue weighted by atomic mass is 32.2. The van der Waals surface area contributed by atoms with Gasteiger partial charge >= 0.3 is 0 Å². The fourth-order valence-electron chi connectivity index (χ4n) is 1.62. The molecule has 1 N–H and O–H groups in total. The topological polar surface area (TPSA) is 85.4 Å². The molecule has 1 atom stereocenters. The maximum absolute atomic E-state index is 11.9. The number of carbonyl (C=O) groups excluding carboxylic acids is 1. The summed E-state index contributed by atoms with van der Waals surface area (Å²) >= 11 is 0. The van der Waals surface area contributed by atoms with E-state index in [-0.39, 0.29) is 0 Å². The molecule has 1 unspecified atom stereocenters. The minimum absolute atomic E-state index is 0.465. The number of hydrogen-bond donors (Lipinski definition) is 1. The molecule has 2 aromatic rings. The fraction of sp³-hybridized carbons (Fsp3) is 0.200. The highest BCUT2D eigenvalue weighted by molar-refractivity contribution is 7.92. The number of nitrogens with zero attached hydrogens (tertiary/aromatic N) is 1. The van der Waals surface area contributed by atoms with Crippen molar-refractivity contribution >= 4 is 21.4 Å². The third-order valence-corrected chi connectivity index (χ3v) is 4.50. The predicted molar refractivity (Wildman–Crippen MR) is 83.7 cm³/mol. The van der Waals surface area contributed by atoms with Crippen LogP contribution in [-0.4, -0.2) is 30.8 Å². The highest BCUT2D eigenvalue weighted by Gasteiger charge is 2.23. The third-order valence-electron chi connectivity index (χ3n) is 3.00. The number of pyridine rings is 1. The van der Waals surface area contributed by atoms with Gasteiger partial charge in [-0.1, -0.05) is 6.07 Å². The van der Waals surface area contributed by atoms with E-state index < -0.39 is 21.0 Å². The SMILES string of the molecule is CC(C(=O)Nc1cccc(Oc2ccncc2)c1)S(C)(=O)=O. The second kappa shape index (κ2) is 6.57. The van der Waals surface area contributed by atoms with Gasteiger partial charge in [0.15, 0.2) is 9.84 Å². The summed E-state index contributed by atoms with van der Waals surface area (Å²) in [7, 11) is -3.43. The Morgan fingerprint density at radius 1 is 1.18 bits per heavy atom. The van der Waals surface area contributed by atoms with Crippen LogP contribution in [0, 0.1) is 0 Å². The van der Waals surface area contributed by atoms with Gasteiger partial charge in [0.05, 0.1) is 0 Å². The molecule has 1 aromatic carbocycles. The first-order valence-electron chi connectivity index (χ1n) is 6.54. The van der Waals surface area contributed by atoms with Crippen molar-refractivity contribution in [1.29, 1.82) is 0 Å². The molecule has 0 aliphatic carbocycles. The van der Waals surface area contributed by atoms with Gasteiger partial charge in [-0.05, 0) is 31.2 Å². The highest BCUT2D eigenvalue weighted by Crippen LogP contribution is 2.23. The van der Waals surface area contributed by atoms with Gasteiger partial charge in [0.25, 0.3) is 0 Å². The van der Waals surface area contributed by atoms with Crippen LogP contribution in [0.3, 0.4) is 0 Å². The van der Waals surface area contributed by atoms with Crippen molar-refractivity contribution in [1.82, 2.24) is 4.98 Å². The van der Waals surface area contributed by atoms with Crippen LogP contribution in [0.25, 0.3) is 0 Å². The lowest BCUT2D eigenvalue weighted by Gasteiger charge is -2.11. The molecule has 7 heteroatoms. The largest absolute Gasteiger partial charge is 0.457 e. The summed E-state index contributed by atoms with van der Waals surface area (Å²) in [6.45, 7) is 1.35. The quantitative estimate of drug-likeness (QED) is 0.913. The van der Waals surface area contributed by atoms with E-state index in [9.17, 15) is 13.2 Å². The molecule has 0 saturated heterocycles. The molecule has 22 heavy (non-hydrogen) atoms. The minimum Gasteiger partial charge on any atom is -0.457 e. The molecule has 1 aromatic heterocycles. The van der Waals surface area contributed by atoms with Crippen LogP contribution in [0.1, 0.15) is 6.92 Å². The third kappa shape index (κ3) is 4.29. The molecule has 6 nitrogen and oxygen atoms in total. The average Bonchev–Trinajstić information content (AvgIpc) is 2.47. The van der Waals surface area contributed by atoms with Gasteiger partial charge < -0.3 is 10.1 Å². The number of amides is 1. The Morgan fingerprint density at radius 2 is 1.86 bits per heavy atom. The van der Waals surface area contributed by atoms with Crippen LogP contribution in [0.5, 0.6) is 11.5 Å². The van der Waals surface area contributed by atoms with Crippen LogP contribution < -0.4 is 10.1 Å². The summed E-state index contributed by atoms with van der Waals surface area (Å²) in [4.78, 5) is 15.8. The van der Waals surface area contributed by atoms with Crippen LogP contribution in [0.2, 0.25) is 0 Å². The van der Waals surface area contributed by atoms with Gasteiger partial charge in [-0.15, -0.1) is 0 Å². The van der Waals surface area contributed by atoms with Gasteiger partial charge in [0, 0.05) is 30.4 Å². The number of aromatic nitrogens is 1. The molecule has 116 valence electrons. The Labute approximate surface area is 129 Å². The van der Waals surface area contributed by atoms with Crippen molar-refractivity contribution < 1.29 is 17.9 Å². The van der Waals surface area contributed by atoms with E-state index in [1.807, 2.05) is 0 Å². The summed E-state index contributed by atoms with van der Waals surface area (Å²) in [6, 6.07) is 10.1. The van der Waals surface area contributed by atoms with E-state index >= 15 is 0 Å². The molecular weight excluding hydrogens is 304 g/mol. The van der Waals surface area contributed by atoms with Gasteiger partial charge in [-0.2, -0.15) is 0 Å². The standard InChI is InChI=1S/C15H16N2O4S/c1-11(22(2,19)20)15(18)17-12-4-3-5-14(10-12)21-13-6-8-16-9-7-13/h3-11H,1-2H3,(H,17,18). The summed E-state index contributed by atoms with van der Waals surface area (Å²) in [6.07, 6.45) is 4.24. The smallest absolute Gasteiger partial charge is 0.242 e. The van der Waals surface area contributed by atoms with Gasteiger partial charge in [0.2, 0.25) is 5.91 Å². The first-order valence-corrected chi connectivity index (χ1v) is 8.49. The van der Waals surface area contributed by atoms with E-state index in [1.165, 1.54) is 6.92 Å². The zero-order chi connectivity index (χ0) is 16.2. The van der Waals surface area contributed by atoms with Crippen molar-refractivity contribution in [3.8, 4) is 11.5 Å². The lowest BCUT2D eigenvalue weighted by molar-refractivity contribution is -0.115. The monoisotopic (exact) mass is 320 g/mol. The molecule has 0 aliphatic heterocycles. The Balaban J connectivity index is 2.10. The molecule has 0 saturated carbocycles. The molecular formula is C15H16N2O4S. The molecule has 0 bridgehead atoms. The number of anilines is 1. The first kappa shape index (κ1) is 16.0. The van der Waals surface area contributed by atoms with Gasteiger partial charge in [0.1, 0.15) is 16.7 Å². The second-order valence-corrected chi connectivity index (χ2v) is 7.14. The van der Waals surface area contributed by atoms with Crippen LogP contribution in [0.15, 0.2) is 48.8 Å². The molecule has 0 aliphatic rings. The van der Waals surface area contributed by atoms with Crippen molar-refractivity contribution in [3.63, 3.8) is 0 Å². The summed E-state index contributed by atoms with van der Waals surface area (Å²) < 4.78 is 28.4. The van der Waals surface area contributed by atoms with Crippen molar-refractivity contribution in [2.24, 2.45) is 0 Å². The van der Waals surface area contributed by atoms with E-state index in [4.69, 9.17) is 4.74 Å². The first-order chi connectivity index (χ1) is 10.4. The van der Waals surface area contributed by atoms with Crippen molar-refractivity contribution in [2.75, 3.05) is 11.6 Å². The average molecular weight is 320 g/mol.